The molecule has 1 aliphatic rings. The molecule has 1 unspecified atom stereocenters. The monoisotopic (exact) mass is 410 g/mol. The molecule has 4 rings (SSSR count). The van der Waals surface area contributed by atoms with Crippen LogP contribution >= 0.6 is 11.8 Å². The quantitative estimate of drug-likeness (QED) is 0.228. The van der Waals surface area contributed by atoms with Gasteiger partial charge in [0.25, 0.3) is 0 Å². The molecule has 29 heavy (non-hydrogen) atoms. The third kappa shape index (κ3) is 3.11. The number of thioether (sulfide) groups is 1. The lowest BCUT2D eigenvalue weighted by Crippen LogP contribution is -2.23. The number of esters is 1. The number of Topliss-reactive ketones (excluding diaryl/α,β-unsaturated/α-hetero) is 1. The van der Waals surface area contributed by atoms with Crippen molar-refractivity contribution in [2.75, 3.05) is 6.26 Å². The number of phenolic OH excluding ortho intramolecular Hbond substituents is 1. The third-order valence-corrected chi connectivity index (χ3v) is 5.90. The summed E-state index contributed by atoms with van der Waals surface area (Å²) in [5, 5.41) is 11.1. The Labute approximate surface area is 170 Å². The van der Waals surface area contributed by atoms with E-state index in [9.17, 15) is 19.5 Å². The first-order valence-corrected chi connectivity index (χ1v) is 10.2. The Balaban J connectivity index is 2.12. The van der Waals surface area contributed by atoms with Crippen LogP contribution in [0.15, 0.2) is 44.4 Å². The lowest BCUT2D eigenvalue weighted by atomic mass is 9.83. The maximum absolute atomic E-state index is 12.4. The van der Waals surface area contributed by atoms with Crippen molar-refractivity contribution in [3.8, 4) is 11.5 Å². The highest BCUT2D eigenvalue weighted by atomic mass is 32.2. The van der Waals surface area contributed by atoms with Crippen molar-refractivity contribution >= 4 is 34.5 Å². The maximum atomic E-state index is 12.4. The molecule has 0 fully saturated rings. The number of aromatic hydroxyl groups is 1. The van der Waals surface area contributed by atoms with Gasteiger partial charge in [-0.2, -0.15) is 0 Å². The van der Waals surface area contributed by atoms with Gasteiger partial charge in [0.2, 0.25) is 0 Å². The number of benzene rings is 2. The summed E-state index contributed by atoms with van der Waals surface area (Å²) < 4.78 is 10.9. The van der Waals surface area contributed by atoms with E-state index < -0.39 is 23.3 Å². The molecule has 0 amide bonds. The molecule has 2 aromatic carbocycles. The Hall–Kier alpha value is -3.06. The van der Waals surface area contributed by atoms with Gasteiger partial charge in [-0.15, -0.1) is 11.8 Å². The van der Waals surface area contributed by atoms with Crippen molar-refractivity contribution in [2.45, 2.75) is 31.1 Å². The van der Waals surface area contributed by atoms with E-state index in [0.29, 0.717) is 11.1 Å². The van der Waals surface area contributed by atoms with E-state index in [2.05, 4.69) is 0 Å². The number of fused-ring (bicyclic) bond motifs is 3. The first-order valence-electron chi connectivity index (χ1n) is 9.00. The van der Waals surface area contributed by atoms with Crippen molar-refractivity contribution in [3.05, 3.63) is 63.0 Å². The molecule has 1 aromatic heterocycles. The fourth-order valence-corrected chi connectivity index (χ4v) is 4.27. The number of carbonyl (C=O) groups is 2. The van der Waals surface area contributed by atoms with Gasteiger partial charge in [0.1, 0.15) is 16.9 Å². The van der Waals surface area contributed by atoms with Gasteiger partial charge in [-0.3, -0.25) is 9.59 Å². The van der Waals surface area contributed by atoms with Gasteiger partial charge in [0, 0.05) is 22.4 Å². The summed E-state index contributed by atoms with van der Waals surface area (Å²) in [6.07, 6.45) is 2.00. The van der Waals surface area contributed by atoms with Crippen LogP contribution in [0.2, 0.25) is 0 Å². The molecule has 148 valence electrons. The lowest BCUT2D eigenvalue weighted by molar-refractivity contribution is -0.135. The maximum Gasteiger partial charge on any atom is 0.336 e. The molecule has 6 nitrogen and oxygen atoms in total. The number of hydrogen-bond acceptors (Lipinski definition) is 7. The highest BCUT2D eigenvalue weighted by Gasteiger charge is 2.37. The molecule has 0 spiro atoms. The fourth-order valence-electron chi connectivity index (χ4n) is 3.86. The largest absolute Gasteiger partial charge is 0.506 e. The van der Waals surface area contributed by atoms with E-state index in [-0.39, 0.29) is 34.5 Å². The number of rotatable bonds is 3. The van der Waals surface area contributed by atoms with Crippen molar-refractivity contribution in [3.63, 3.8) is 0 Å². The average molecular weight is 410 g/mol. The van der Waals surface area contributed by atoms with E-state index in [4.69, 9.17) is 9.15 Å². The summed E-state index contributed by atoms with van der Waals surface area (Å²) in [4.78, 5) is 37.9. The molecule has 0 bridgehead atoms. The predicted molar refractivity (Wildman–Crippen MR) is 109 cm³/mol. The molecule has 0 radical (unpaired) electrons. The van der Waals surface area contributed by atoms with Gasteiger partial charge in [-0.25, -0.2) is 4.79 Å². The number of hydrogen-bond donors (Lipinski definition) is 1. The normalized spacial score (nSPS) is 15.8. The smallest absolute Gasteiger partial charge is 0.336 e. The van der Waals surface area contributed by atoms with Crippen LogP contribution < -0.4 is 10.4 Å². The molecule has 1 atom stereocenters. The summed E-state index contributed by atoms with van der Waals surface area (Å²) in [6, 6.07) is 8.94. The van der Waals surface area contributed by atoms with Gasteiger partial charge in [0.05, 0.1) is 11.8 Å². The minimum atomic E-state index is -0.583. The first kappa shape index (κ1) is 19.3. The van der Waals surface area contributed by atoms with Crippen LogP contribution in [0.3, 0.4) is 0 Å². The molecular formula is C22H18O6S. The van der Waals surface area contributed by atoms with Crippen molar-refractivity contribution in [1.29, 1.82) is 0 Å². The van der Waals surface area contributed by atoms with Gasteiger partial charge in [-0.1, -0.05) is 12.1 Å². The van der Waals surface area contributed by atoms with Crippen LogP contribution in [0.4, 0.5) is 0 Å². The molecule has 1 aliphatic heterocycles. The standard InChI is InChI=1S/C22H18O6S/c1-10-8-15(24)27-21-17(10)20(26)18(11(2)23)22-19(21)14(9-16(25)28-22)12-4-6-13(29-3)7-5-12/h4-8,14,26H,9H2,1-3H3. The van der Waals surface area contributed by atoms with Crippen LogP contribution in [0.1, 0.15) is 46.3 Å². The zero-order valence-corrected chi connectivity index (χ0v) is 16.9. The second kappa shape index (κ2) is 7.08. The van der Waals surface area contributed by atoms with Crippen LogP contribution in [-0.2, 0) is 4.79 Å². The lowest BCUT2D eigenvalue weighted by Gasteiger charge is -2.28. The van der Waals surface area contributed by atoms with Gasteiger partial charge in [0.15, 0.2) is 11.5 Å². The fraction of sp³-hybridized carbons (Fsp3) is 0.227. The number of carbonyl (C=O) groups excluding carboxylic acids is 2. The summed E-state index contributed by atoms with van der Waals surface area (Å²) >= 11 is 1.60. The topological polar surface area (TPSA) is 93.8 Å². The van der Waals surface area contributed by atoms with E-state index >= 15 is 0 Å². The van der Waals surface area contributed by atoms with Crippen molar-refractivity contribution < 1.29 is 23.8 Å². The van der Waals surface area contributed by atoms with Gasteiger partial charge < -0.3 is 14.3 Å². The Morgan fingerprint density at radius 2 is 1.90 bits per heavy atom. The van der Waals surface area contributed by atoms with Crippen LogP contribution in [-0.4, -0.2) is 23.1 Å². The van der Waals surface area contributed by atoms with Crippen LogP contribution in [0.5, 0.6) is 11.5 Å². The van der Waals surface area contributed by atoms with Gasteiger partial charge in [-0.05, 0) is 43.4 Å². The van der Waals surface area contributed by atoms with Crippen LogP contribution in [0, 0.1) is 6.92 Å². The Morgan fingerprint density at radius 1 is 1.21 bits per heavy atom. The molecular weight excluding hydrogens is 392 g/mol. The number of ketones is 1. The Morgan fingerprint density at radius 3 is 2.52 bits per heavy atom. The molecule has 0 saturated carbocycles. The molecule has 1 N–H and O–H groups in total. The van der Waals surface area contributed by atoms with Gasteiger partial charge >= 0.3 is 11.6 Å². The van der Waals surface area contributed by atoms with Crippen molar-refractivity contribution in [1.82, 2.24) is 0 Å². The van der Waals surface area contributed by atoms with E-state index in [0.717, 1.165) is 10.5 Å². The number of phenols is 1. The average Bonchev–Trinajstić information content (AvgIpc) is 2.66. The Kier molecular flexibility index (Phi) is 4.70. The van der Waals surface area contributed by atoms with Crippen LogP contribution in [0.25, 0.3) is 11.0 Å². The van der Waals surface area contributed by atoms with E-state index in [1.165, 1.54) is 13.0 Å². The summed E-state index contributed by atoms with van der Waals surface area (Å²) in [6.45, 7) is 2.95. The summed E-state index contributed by atoms with van der Waals surface area (Å²) in [5.41, 5.74) is 1.21. The minimum absolute atomic E-state index is 0.0283. The second-order valence-electron chi connectivity index (χ2n) is 6.98. The second-order valence-corrected chi connectivity index (χ2v) is 7.86. The van der Waals surface area contributed by atoms with E-state index in [1.807, 2.05) is 30.5 Å². The predicted octanol–water partition coefficient (Wildman–Crippen LogP) is 4.17. The summed E-state index contributed by atoms with van der Waals surface area (Å²) in [7, 11) is 0. The summed E-state index contributed by atoms with van der Waals surface area (Å²) in [5.74, 6) is -1.83. The SMILES string of the molecule is CSc1ccc(C2CC(=O)Oc3c(C(C)=O)c(O)c4c(C)cc(=O)oc4c32)cc1. The minimum Gasteiger partial charge on any atom is -0.506 e. The number of ether oxygens (including phenoxy) is 1. The zero-order valence-electron chi connectivity index (χ0n) is 16.1. The van der Waals surface area contributed by atoms with Crippen molar-refractivity contribution in [2.24, 2.45) is 0 Å². The van der Waals surface area contributed by atoms with E-state index in [1.54, 1.807) is 18.7 Å². The first-order chi connectivity index (χ1) is 13.8. The third-order valence-electron chi connectivity index (χ3n) is 5.15. The molecule has 2 heterocycles. The molecule has 7 heteroatoms. The number of aryl methyl sites for hydroxylation is 1. The zero-order chi connectivity index (χ0) is 20.9. The molecule has 3 aromatic rings. The highest BCUT2D eigenvalue weighted by Crippen LogP contribution is 2.49. The molecule has 0 aliphatic carbocycles. The molecule has 0 saturated heterocycles. The highest BCUT2D eigenvalue weighted by molar-refractivity contribution is 7.98. The Bertz CT molecular complexity index is 1220.